The van der Waals surface area contributed by atoms with Gasteiger partial charge in [0.15, 0.2) is 5.69 Å². The van der Waals surface area contributed by atoms with Crippen LogP contribution in [0.4, 0.5) is 5.82 Å². The minimum atomic E-state index is -1.06. The van der Waals surface area contributed by atoms with Crippen molar-refractivity contribution >= 4 is 11.8 Å². The molecule has 1 aromatic rings. The number of hydrogen-bond acceptors (Lipinski definition) is 4. The number of aromatic nitrogens is 2. The number of anilines is 1. The lowest BCUT2D eigenvalue weighted by Crippen LogP contribution is -2.25. The van der Waals surface area contributed by atoms with Gasteiger partial charge >= 0.3 is 5.97 Å². The van der Waals surface area contributed by atoms with Gasteiger partial charge in [-0.1, -0.05) is 27.7 Å². The normalized spacial score (nSPS) is 11.3. The Morgan fingerprint density at radius 3 is 2.22 bits per heavy atom. The van der Waals surface area contributed by atoms with Crippen LogP contribution < -0.4 is 5.32 Å². The molecule has 0 unspecified atom stereocenters. The Kier molecular flexibility index (Phi) is 5.07. The highest BCUT2D eigenvalue weighted by atomic mass is 16.4. The quantitative estimate of drug-likeness (QED) is 0.812. The summed E-state index contributed by atoms with van der Waals surface area (Å²) < 4.78 is 0. The highest BCUT2D eigenvalue weighted by Crippen LogP contribution is 2.20. The summed E-state index contributed by atoms with van der Waals surface area (Å²) in [7, 11) is 0. The van der Waals surface area contributed by atoms with Gasteiger partial charge in [-0.15, -0.1) is 10.2 Å². The summed E-state index contributed by atoms with van der Waals surface area (Å²) in [5.74, 6) is 1.28. The zero-order valence-corrected chi connectivity index (χ0v) is 11.3. The fourth-order valence-corrected chi connectivity index (χ4v) is 2.00. The van der Waals surface area contributed by atoms with Gasteiger partial charge in [0.1, 0.15) is 5.82 Å². The molecule has 0 saturated carbocycles. The van der Waals surface area contributed by atoms with Crippen LogP contribution in [0.5, 0.6) is 0 Å². The van der Waals surface area contributed by atoms with Crippen LogP contribution in [0.15, 0.2) is 12.1 Å². The van der Waals surface area contributed by atoms with Crippen LogP contribution in [-0.2, 0) is 0 Å². The molecule has 0 bridgehead atoms. The van der Waals surface area contributed by atoms with Crippen molar-refractivity contribution < 1.29 is 9.90 Å². The molecular formula is C13H21N3O2. The van der Waals surface area contributed by atoms with Crippen molar-refractivity contribution in [3.63, 3.8) is 0 Å². The second-order valence-electron chi connectivity index (χ2n) is 5.14. The highest BCUT2D eigenvalue weighted by molar-refractivity contribution is 5.85. The zero-order valence-electron chi connectivity index (χ0n) is 11.3. The molecule has 0 radical (unpaired) electrons. The summed E-state index contributed by atoms with van der Waals surface area (Å²) >= 11 is 0. The predicted octanol–water partition coefficient (Wildman–Crippen LogP) is 2.51. The molecule has 18 heavy (non-hydrogen) atoms. The molecule has 0 aliphatic carbocycles. The van der Waals surface area contributed by atoms with Gasteiger partial charge in [-0.2, -0.15) is 0 Å². The van der Waals surface area contributed by atoms with Crippen molar-refractivity contribution in [2.24, 2.45) is 17.8 Å². The zero-order chi connectivity index (χ0) is 13.7. The highest BCUT2D eigenvalue weighted by Gasteiger charge is 2.17. The second-order valence-corrected chi connectivity index (χ2v) is 5.14. The summed E-state index contributed by atoms with van der Waals surface area (Å²) in [6.07, 6.45) is 0. The molecule has 0 saturated heterocycles. The average Bonchev–Trinajstić information content (AvgIpc) is 2.28. The number of nitrogens with zero attached hydrogens (tertiary/aromatic N) is 2. The Hall–Kier alpha value is -1.65. The van der Waals surface area contributed by atoms with E-state index >= 15 is 0 Å². The molecule has 1 rings (SSSR count). The molecule has 2 N–H and O–H groups in total. The Morgan fingerprint density at radius 1 is 1.22 bits per heavy atom. The van der Waals surface area contributed by atoms with Crippen LogP contribution in [0, 0.1) is 17.8 Å². The molecular weight excluding hydrogens is 230 g/mol. The number of carboxylic acid groups (broad SMARTS) is 1. The van der Waals surface area contributed by atoms with E-state index in [9.17, 15) is 4.79 Å². The Morgan fingerprint density at radius 2 is 1.83 bits per heavy atom. The smallest absolute Gasteiger partial charge is 0.356 e. The summed E-state index contributed by atoms with van der Waals surface area (Å²) in [5.41, 5.74) is -0.0372. The lowest BCUT2D eigenvalue weighted by Gasteiger charge is -2.25. The van der Waals surface area contributed by atoms with E-state index in [-0.39, 0.29) is 5.69 Å². The molecule has 0 aliphatic heterocycles. The first kappa shape index (κ1) is 14.4. The number of carboxylic acids is 1. The van der Waals surface area contributed by atoms with Gasteiger partial charge < -0.3 is 10.4 Å². The van der Waals surface area contributed by atoms with Crippen molar-refractivity contribution in [1.82, 2.24) is 10.2 Å². The van der Waals surface area contributed by atoms with Crippen LogP contribution in [0.3, 0.4) is 0 Å². The molecule has 0 aliphatic rings. The van der Waals surface area contributed by atoms with Crippen LogP contribution in [0.25, 0.3) is 0 Å². The van der Waals surface area contributed by atoms with Gasteiger partial charge in [-0.3, -0.25) is 0 Å². The predicted molar refractivity (Wildman–Crippen MR) is 70.6 cm³/mol. The third-order valence-corrected chi connectivity index (χ3v) is 3.12. The number of hydrogen-bond donors (Lipinski definition) is 2. The Labute approximate surface area is 108 Å². The Balaban J connectivity index is 2.60. The molecule has 0 spiro atoms. The van der Waals surface area contributed by atoms with Gasteiger partial charge in [0.2, 0.25) is 0 Å². The maximum absolute atomic E-state index is 10.6. The minimum Gasteiger partial charge on any atom is -0.476 e. The first-order valence-corrected chi connectivity index (χ1v) is 6.22. The number of carbonyl (C=O) groups is 1. The number of nitrogens with one attached hydrogen (secondary N) is 1. The van der Waals surface area contributed by atoms with Crippen LogP contribution in [0.1, 0.15) is 38.2 Å². The van der Waals surface area contributed by atoms with Crippen LogP contribution >= 0.6 is 0 Å². The summed E-state index contributed by atoms with van der Waals surface area (Å²) in [6, 6.07) is 3.10. The fraction of sp³-hybridized carbons (Fsp3) is 0.615. The minimum absolute atomic E-state index is 0.0372. The van der Waals surface area contributed by atoms with E-state index in [1.165, 1.54) is 6.07 Å². The van der Waals surface area contributed by atoms with Gasteiger partial charge in [0.25, 0.3) is 0 Å². The van der Waals surface area contributed by atoms with E-state index in [2.05, 4.69) is 43.2 Å². The third-order valence-electron chi connectivity index (χ3n) is 3.12. The lowest BCUT2D eigenvalue weighted by molar-refractivity contribution is 0.0689. The summed E-state index contributed by atoms with van der Waals surface area (Å²) in [6.45, 7) is 9.62. The molecule has 1 aromatic heterocycles. The van der Waals surface area contributed by atoms with Crippen molar-refractivity contribution in [1.29, 1.82) is 0 Å². The van der Waals surface area contributed by atoms with E-state index in [1.54, 1.807) is 6.07 Å². The largest absolute Gasteiger partial charge is 0.476 e. The van der Waals surface area contributed by atoms with Crippen LogP contribution in [0.2, 0.25) is 0 Å². The standard InChI is InChI=1S/C13H21N3O2/c1-8(2)10(9(3)4)7-14-12-6-5-11(13(17)18)15-16-12/h5-6,8-10H,7H2,1-4H3,(H,14,16)(H,17,18). The van der Waals surface area contributed by atoms with Crippen molar-refractivity contribution in [2.45, 2.75) is 27.7 Å². The van der Waals surface area contributed by atoms with Crippen LogP contribution in [-0.4, -0.2) is 27.8 Å². The average molecular weight is 251 g/mol. The van der Waals surface area contributed by atoms with E-state index in [1.807, 2.05) is 0 Å². The Bertz CT molecular complexity index is 380. The van der Waals surface area contributed by atoms with Crippen molar-refractivity contribution in [3.8, 4) is 0 Å². The lowest BCUT2D eigenvalue weighted by atomic mass is 9.85. The fourth-order valence-electron chi connectivity index (χ4n) is 2.00. The van der Waals surface area contributed by atoms with Gasteiger partial charge in [0, 0.05) is 6.54 Å². The SMILES string of the molecule is CC(C)C(CNc1ccc(C(=O)O)nn1)C(C)C. The number of rotatable bonds is 6. The number of aromatic carboxylic acids is 1. The van der Waals surface area contributed by atoms with E-state index in [0.717, 1.165) is 6.54 Å². The maximum Gasteiger partial charge on any atom is 0.356 e. The first-order chi connectivity index (χ1) is 8.41. The molecule has 0 aromatic carbocycles. The molecule has 0 atom stereocenters. The molecule has 5 nitrogen and oxygen atoms in total. The summed E-state index contributed by atoms with van der Waals surface area (Å²) in [4.78, 5) is 10.6. The first-order valence-electron chi connectivity index (χ1n) is 6.22. The molecule has 0 amide bonds. The van der Waals surface area contributed by atoms with Crippen molar-refractivity contribution in [2.75, 3.05) is 11.9 Å². The third kappa shape index (κ3) is 3.98. The monoisotopic (exact) mass is 251 g/mol. The van der Waals surface area contributed by atoms with Crippen molar-refractivity contribution in [3.05, 3.63) is 17.8 Å². The second kappa shape index (κ2) is 6.33. The molecule has 1 heterocycles. The van der Waals surface area contributed by atoms with E-state index in [4.69, 9.17) is 5.11 Å². The summed E-state index contributed by atoms with van der Waals surface area (Å²) in [5, 5.41) is 19.4. The molecule has 100 valence electrons. The van der Waals surface area contributed by atoms with Gasteiger partial charge in [-0.25, -0.2) is 4.79 Å². The van der Waals surface area contributed by atoms with E-state index < -0.39 is 5.97 Å². The maximum atomic E-state index is 10.6. The van der Waals surface area contributed by atoms with Gasteiger partial charge in [0.05, 0.1) is 0 Å². The van der Waals surface area contributed by atoms with E-state index in [0.29, 0.717) is 23.6 Å². The topological polar surface area (TPSA) is 75.1 Å². The molecule has 0 fully saturated rings. The van der Waals surface area contributed by atoms with Gasteiger partial charge in [-0.05, 0) is 29.9 Å². The molecule has 5 heteroatoms.